The van der Waals surface area contributed by atoms with Crippen molar-refractivity contribution in [3.8, 4) is 0 Å². The first-order valence-electron chi connectivity index (χ1n) is 12.1. The molecule has 1 aliphatic rings. The van der Waals surface area contributed by atoms with Crippen LogP contribution in [-0.4, -0.2) is 49.6 Å². The second-order valence-corrected chi connectivity index (χ2v) is 16.4. The summed E-state index contributed by atoms with van der Waals surface area (Å²) in [5, 5.41) is 0.0669. The standard InChI is InChI=1S/C27H43NO5Si/c1-20(15-16-24(29)32-26(2,3)4)23-17-22(33-34(8,9)27(5,6)7)18-28(23)25(30)31-19-21-13-11-10-12-14-21/h10-14,22-23H,1,15-19H2,2-9H3/t22-,23-/m1/s1. The molecule has 0 radical (unpaired) electrons. The van der Waals surface area contributed by atoms with Gasteiger partial charge < -0.3 is 13.9 Å². The van der Waals surface area contributed by atoms with Gasteiger partial charge in [0.1, 0.15) is 12.2 Å². The number of benzene rings is 1. The summed E-state index contributed by atoms with van der Waals surface area (Å²) in [5.74, 6) is -0.265. The Morgan fingerprint density at radius 2 is 1.68 bits per heavy atom. The van der Waals surface area contributed by atoms with Crippen molar-refractivity contribution in [2.45, 2.75) is 103 Å². The van der Waals surface area contributed by atoms with Gasteiger partial charge in [-0.15, -0.1) is 0 Å². The highest BCUT2D eigenvalue weighted by molar-refractivity contribution is 6.74. The van der Waals surface area contributed by atoms with Crippen LogP contribution in [0.25, 0.3) is 0 Å². The van der Waals surface area contributed by atoms with Crippen LogP contribution in [0.4, 0.5) is 4.79 Å². The van der Waals surface area contributed by atoms with Crippen LogP contribution in [0, 0.1) is 0 Å². The van der Waals surface area contributed by atoms with Crippen LogP contribution in [0.3, 0.4) is 0 Å². The largest absolute Gasteiger partial charge is 0.460 e. The van der Waals surface area contributed by atoms with Crippen LogP contribution in [0.15, 0.2) is 42.5 Å². The molecule has 1 saturated heterocycles. The molecule has 0 saturated carbocycles. The average molecular weight is 490 g/mol. The van der Waals surface area contributed by atoms with Crippen LogP contribution in [0.2, 0.25) is 18.1 Å². The van der Waals surface area contributed by atoms with Gasteiger partial charge in [-0.05, 0) is 57.3 Å². The van der Waals surface area contributed by atoms with E-state index in [-0.39, 0.29) is 42.3 Å². The minimum absolute atomic E-state index is 0.0669. The van der Waals surface area contributed by atoms with Crippen molar-refractivity contribution >= 4 is 20.4 Å². The van der Waals surface area contributed by atoms with E-state index in [0.717, 1.165) is 11.1 Å². The van der Waals surface area contributed by atoms with Crippen molar-refractivity contribution in [2.75, 3.05) is 6.54 Å². The molecule has 7 heteroatoms. The van der Waals surface area contributed by atoms with Crippen LogP contribution in [0.5, 0.6) is 0 Å². The first kappa shape index (κ1) is 28.1. The number of nitrogens with zero attached hydrogens (tertiary/aromatic N) is 1. The van der Waals surface area contributed by atoms with E-state index >= 15 is 0 Å². The molecule has 0 unspecified atom stereocenters. The molecule has 1 heterocycles. The number of amides is 1. The van der Waals surface area contributed by atoms with Crippen molar-refractivity contribution in [2.24, 2.45) is 0 Å². The Labute approximate surface area is 206 Å². The van der Waals surface area contributed by atoms with Crippen molar-refractivity contribution in [1.29, 1.82) is 0 Å². The van der Waals surface area contributed by atoms with Gasteiger partial charge in [-0.1, -0.05) is 63.3 Å². The third kappa shape index (κ3) is 8.27. The SMILES string of the molecule is C=C(CCC(=O)OC(C)(C)C)[C@H]1C[C@@H](O[Si](C)(C)C(C)(C)C)CN1C(=O)OCc1ccccc1. The van der Waals surface area contributed by atoms with E-state index in [1.54, 1.807) is 4.90 Å². The van der Waals surface area contributed by atoms with E-state index in [2.05, 4.69) is 40.4 Å². The summed E-state index contributed by atoms with van der Waals surface area (Å²) >= 11 is 0. The molecule has 2 rings (SSSR count). The molecule has 2 atom stereocenters. The molecule has 1 aliphatic heterocycles. The first-order valence-corrected chi connectivity index (χ1v) is 15.0. The molecular formula is C27H43NO5Si. The van der Waals surface area contributed by atoms with E-state index in [1.807, 2.05) is 51.1 Å². The molecule has 0 spiro atoms. The number of likely N-dealkylation sites (tertiary alicyclic amines) is 1. The first-order chi connectivity index (χ1) is 15.6. The Morgan fingerprint density at radius 1 is 1.06 bits per heavy atom. The lowest BCUT2D eigenvalue weighted by molar-refractivity contribution is -0.154. The van der Waals surface area contributed by atoms with Crippen LogP contribution < -0.4 is 0 Å². The van der Waals surface area contributed by atoms with Gasteiger partial charge in [-0.2, -0.15) is 0 Å². The van der Waals surface area contributed by atoms with Crippen LogP contribution in [0.1, 0.15) is 66.4 Å². The number of hydrogen-bond donors (Lipinski definition) is 0. The lowest BCUT2D eigenvalue weighted by atomic mass is 10.0. The Balaban J connectivity index is 2.10. The van der Waals surface area contributed by atoms with Gasteiger partial charge in [-0.3, -0.25) is 9.69 Å². The number of esters is 1. The van der Waals surface area contributed by atoms with E-state index in [1.165, 1.54) is 0 Å². The number of carbonyl (C=O) groups excluding carboxylic acids is 2. The Morgan fingerprint density at radius 3 is 2.24 bits per heavy atom. The highest BCUT2D eigenvalue weighted by Gasteiger charge is 2.44. The van der Waals surface area contributed by atoms with E-state index in [4.69, 9.17) is 13.9 Å². The second-order valence-electron chi connectivity index (χ2n) is 11.7. The van der Waals surface area contributed by atoms with E-state index in [0.29, 0.717) is 19.4 Å². The molecule has 6 nitrogen and oxygen atoms in total. The second kappa shape index (κ2) is 11.1. The third-order valence-electron chi connectivity index (χ3n) is 6.51. The zero-order valence-electron chi connectivity index (χ0n) is 22.3. The summed E-state index contributed by atoms with van der Waals surface area (Å²) in [6.07, 6.45) is 0.865. The number of hydrogen-bond acceptors (Lipinski definition) is 5. The van der Waals surface area contributed by atoms with Gasteiger partial charge in [-0.25, -0.2) is 4.79 Å². The lowest BCUT2D eigenvalue weighted by Crippen LogP contribution is -2.44. The fourth-order valence-corrected chi connectivity index (χ4v) is 5.05. The van der Waals surface area contributed by atoms with Gasteiger partial charge in [0.05, 0.1) is 12.1 Å². The maximum atomic E-state index is 13.1. The summed E-state index contributed by atoms with van der Waals surface area (Å²) in [6, 6.07) is 9.39. The molecule has 1 aromatic rings. The topological polar surface area (TPSA) is 65.1 Å². The van der Waals surface area contributed by atoms with E-state index in [9.17, 15) is 9.59 Å². The molecule has 1 amide bonds. The third-order valence-corrected chi connectivity index (χ3v) is 11.0. The van der Waals surface area contributed by atoms with Crippen molar-refractivity contribution < 1.29 is 23.5 Å². The molecule has 34 heavy (non-hydrogen) atoms. The van der Waals surface area contributed by atoms with Crippen molar-refractivity contribution in [3.05, 3.63) is 48.0 Å². The predicted molar refractivity (Wildman–Crippen MR) is 138 cm³/mol. The maximum Gasteiger partial charge on any atom is 0.410 e. The monoisotopic (exact) mass is 489 g/mol. The maximum absolute atomic E-state index is 13.1. The van der Waals surface area contributed by atoms with Gasteiger partial charge >= 0.3 is 12.1 Å². The van der Waals surface area contributed by atoms with Crippen LogP contribution in [-0.2, 0) is 25.3 Å². The molecular weight excluding hydrogens is 446 g/mol. The zero-order valence-corrected chi connectivity index (χ0v) is 23.3. The minimum Gasteiger partial charge on any atom is -0.460 e. The smallest absolute Gasteiger partial charge is 0.410 e. The summed E-state index contributed by atoms with van der Waals surface area (Å²) in [4.78, 5) is 27.0. The molecule has 1 aromatic carbocycles. The lowest BCUT2D eigenvalue weighted by Gasteiger charge is -2.38. The normalized spacial score (nSPS) is 19.1. The van der Waals surface area contributed by atoms with Gasteiger partial charge in [0.15, 0.2) is 8.32 Å². The molecule has 1 fully saturated rings. The zero-order chi connectivity index (χ0) is 25.7. The Bertz CT molecular complexity index is 854. The van der Waals surface area contributed by atoms with Gasteiger partial charge in [0.25, 0.3) is 0 Å². The fourth-order valence-electron chi connectivity index (χ4n) is 3.69. The van der Waals surface area contributed by atoms with E-state index < -0.39 is 13.9 Å². The molecule has 0 bridgehead atoms. The molecule has 190 valence electrons. The summed E-state index contributed by atoms with van der Waals surface area (Å²) in [7, 11) is -2.02. The summed E-state index contributed by atoms with van der Waals surface area (Å²) in [6.45, 7) is 21.5. The average Bonchev–Trinajstić information content (AvgIpc) is 3.12. The Kier molecular flexibility index (Phi) is 9.16. The number of ether oxygens (including phenoxy) is 2. The summed E-state index contributed by atoms with van der Waals surface area (Å²) in [5.41, 5.74) is 1.23. The van der Waals surface area contributed by atoms with Crippen LogP contribution >= 0.6 is 0 Å². The number of carbonyl (C=O) groups is 2. The molecule has 0 aromatic heterocycles. The Hall–Kier alpha value is -2.12. The quantitative estimate of drug-likeness (QED) is 0.238. The highest BCUT2D eigenvalue weighted by atomic mass is 28.4. The van der Waals surface area contributed by atoms with Gasteiger partial charge in [0.2, 0.25) is 0 Å². The fraction of sp³-hybridized carbons (Fsp3) is 0.630. The number of rotatable bonds is 8. The van der Waals surface area contributed by atoms with Crippen molar-refractivity contribution in [1.82, 2.24) is 4.90 Å². The molecule has 0 aliphatic carbocycles. The predicted octanol–water partition coefficient (Wildman–Crippen LogP) is 6.47. The van der Waals surface area contributed by atoms with Crippen molar-refractivity contribution in [3.63, 3.8) is 0 Å². The minimum atomic E-state index is -2.02. The van der Waals surface area contributed by atoms with Gasteiger partial charge in [0, 0.05) is 13.0 Å². The highest BCUT2D eigenvalue weighted by Crippen LogP contribution is 2.39. The summed E-state index contributed by atoms with van der Waals surface area (Å²) < 4.78 is 17.7. The molecule has 0 N–H and O–H groups in total.